The molecule has 21 heavy (non-hydrogen) atoms. The van der Waals surface area contributed by atoms with Crippen LogP contribution in [0.15, 0.2) is 24.3 Å². The summed E-state index contributed by atoms with van der Waals surface area (Å²) >= 11 is 0. The summed E-state index contributed by atoms with van der Waals surface area (Å²) in [5.41, 5.74) is 6.18. The number of amides is 2. The summed E-state index contributed by atoms with van der Waals surface area (Å²) < 4.78 is 5.17. The van der Waals surface area contributed by atoms with Crippen molar-refractivity contribution in [2.24, 2.45) is 5.73 Å². The molecule has 0 heterocycles. The fourth-order valence-electron chi connectivity index (χ4n) is 1.94. The van der Waals surface area contributed by atoms with Crippen LogP contribution in [0, 0.1) is 0 Å². The van der Waals surface area contributed by atoms with Gasteiger partial charge in [-0.2, -0.15) is 0 Å². The van der Waals surface area contributed by atoms with Gasteiger partial charge in [-0.25, -0.2) is 0 Å². The van der Waals surface area contributed by atoms with Crippen LogP contribution in [0.2, 0.25) is 0 Å². The van der Waals surface area contributed by atoms with E-state index in [1.54, 1.807) is 25.1 Å². The third-order valence-corrected chi connectivity index (χ3v) is 2.91. The van der Waals surface area contributed by atoms with Gasteiger partial charge in [-0.3, -0.25) is 9.59 Å². The molecule has 0 aliphatic rings. The van der Waals surface area contributed by atoms with Gasteiger partial charge < -0.3 is 20.7 Å². The Bertz CT molecular complexity index is 489. The van der Waals surface area contributed by atoms with E-state index >= 15 is 0 Å². The van der Waals surface area contributed by atoms with E-state index in [1.165, 1.54) is 12.0 Å². The van der Waals surface area contributed by atoms with E-state index in [9.17, 15) is 9.59 Å². The van der Waals surface area contributed by atoms with Crippen LogP contribution in [0.5, 0.6) is 5.75 Å². The standard InChI is InChI=1S/C15H23N3O3/c1-4-9-18(15(20)11(2)16)10-14(19)17-12-7-5-6-8-13(12)21-3/h5-8,11H,4,9-10,16H2,1-3H3,(H,17,19)/t11-/m1/s1. The Balaban J connectivity index is 2.72. The van der Waals surface area contributed by atoms with Crippen molar-refractivity contribution in [3.63, 3.8) is 0 Å². The summed E-state index contributed by atoms with van der Waals surface area (Å²) in [5, 5.41) is 2.75. The highest BCUT2D eigenvalue weighted by Gasteiger charge is 2.19. The molecule has 3 N–H and O–H groups in total. The van der Waals surface area contributed by atoms with Gasteiger partial charge in [0.05, 0.1) is 25.4 Å². The number of hydrogen-bond acceptors (Lipinski definition) is 4. The van der Waals surface area contributed by atoms with Gasteiger partial charge in [-0.05, 0) is 25.5 Å². The van der Waals surface area contributed by atoms with Crippen molar-refractivity contribution in [1.82, 2.24) is 4.90 Å². The van der Waals surface area contributed by atoms with Gasteiger partial charge >= 0.3 is 0 Å². The fourth-order valence-corrected chi connectivity index (χ4v) is 1.94. The van der Waals surface area contributed by atoms with E-state index in [0.717, 1.165) is 6.42 Å². The van der Waals surface area contributed by atoms with Crippen LogP contribution in [0.25, 0.3) is 0 Å². The quantitative estimate of drug-likeness (QED) is 0.791. The van der Waals surface area contributed by atoms with Crippen LogP contribution in [0.1, 0.15) is 20.3 Å². The van der Waals surface area contributed by atoms with Crippen molar-refractivity contribution in [1.29, 1.82) is 0 Å². The molecule has 6 nitrogen and oxygen atoms in total. The second-order valence-electron chi connectivity index (χ2n) is 4.80. The van der Waals surface area contributed by atoms with Crippen molar-refractivity contribution in [3.8, 4) is 5.75 Å². The van der Waals surface area contributed by atoms with Gasteiger partial charge in [0, 0.05) is 6.54 Å². The molecule has 0 aromatic heterocycles. The Morgan fingerprint density at radius 1 is 1.38 bits per heavy atom. The smallest absolute Gasteiger partial charge is 0.244 e. The number of hydrogen-bond donors (Lipinski definition) is 2. The first-order chi connectivity index (χ1) is 9.99. The molecule has 0 aliphatic carbocycles. The molecule has 1 atom stereocenters. The van der Waals surface area contributed by atoms with E-state index in [-0.39, 0.29) is 18.4 Å². The number of nitrogens with two attached hydrogens (primary N) is 1. The number of methoxy groups -OCH3 is 1. The number of carbonyl (C=O) groups excluding carboxylic acids is 2. The summed E-state index contributed by atoms with van der Waals surface area (Å²) in [4.78, 5) is 25.5. The van der Waals surface area contributed by atoms with Crippen molar-refractivity contribution in [3.05, 3.63) is 24.3 Å². The highest BCUT2D eigenvalue weighted by Crippen LogP contribution is 2.22. The molecule has 0 saturated heterocycles. The predicted octanol–water partition coefficient (Wildman–Crippen LogP) is 1.22. The van der Waals surface area contributed by atoms with Crippen molar-refractivity contribution < 1.29 is 14.3 Å². The number of anilines is 1. The van der Waals surface area contributed by atoms with Crippen LogP contribution < -0.4 is 15.8 Å². The molecule has 1 rings (SSSR count). The number of ether oxygens (including phenoxy) is 1. The summed E-state index contributed by atoms with van der Waals surface area (Å²) in [7, 11) is 1.54. The lowest BCUT2D eigenvalue weighted by molar-refractivity contribution is -0.135. The average molecular weight is 293 g/mol. The molecule has 0 bridgehead atoms. The van der Waals surface area contributed by atoms with E-state index in [4.69, 9.17) is 10.5 Å². The lowest BCUT2D eigenvalue weighted by Gasteiger charge is -2.23. The predicted molar refractivity (Wildman–Crippen MR) is 82.1 cm³/mol. The van der Waals surface area contributed by atoms with Crippen molar-refractivity contribution in [2.75, 3.05) is 25.5 Å². The molecule has 0 spiro atoms. The molecule has 2 amide bonds. The summed E-state index contributed by atoms with van der Waals surface area (Å²) in [5.74, 6) is 0.0698. The third-order valence-electron chi connectivity index (χ3n) is 2.91. The van der Waals surface area contributed by atoms with Gasteiger partial charge in [-0.1, -0.05) is 19.1 Å². The van der Waals surface area contributed by atoms with Crippen LogP contribution in [0.4, 0.5) is 5.69 Å². The largest absolute Gasteiger partial charge is 0.495 e. The van der Waals surface area contributed by atoms with E-state index < -0.39 is 6.04 Å². The maximum atomic E-state index is 12.1. The second kappa shape index (κ2) is 8.26. The monoisotopic (exact) mass is 293 g/mol. The molecule has 1 aromatic carbocycles. The number of benzene rings is 1. The highest BCUT2D eigenvalue weighted by molar-refractivity contribution is 5.96. The molecule has 116 valence electrons. The van der Waals surface area contributed by atoms with Gasteiger partial charge in [0.25, 0.3) is 0 Å². The van der Waals surface area contributed by atoms with Crippen molar-refractivity contribution >= 4 is 17.5 Å². The topological polar surface area (TPSA) is 84.7 Å². The number of carbonyl (C=O) groups is 2. The maximum absolute atomic E-state index is 12.1. The lowest BCUT2D eigenvalue weighted by atomic mass is 10.2. The minimum atomic E-state index is -0.615. The van der Waals surface area contributed by atoms with Gasteiger partial charge in [0.2, 0.25) is 11.8 Å². The molecule has 1 aromatic rings. The second-order valence-corrected chi connectivity index (χ2v) is 4.80. The summed E-state index contributed by atoms with van der Waals surface area (Å²) in [6.45, 7) is 4.04. The maximum Gasteiger partial charge on any atom is 0.244 e. The fraction of sp³-hybridized carbons (Fsp3) is 0.467. The minimum absolute atomic E-state index is 0.0216. The van der Waals surface area contributed by atoms with E-state index in [0.29, 0.717) is 18.0 Å². The van der Waals surface area contributed by atoms with Crippen LogP contribution in [0.3, 0.4) is 0 Å². The molecular formula is C15H23N3O3. The highest BCUT2D eigenvalue weighted by atomic mass is 16.5. The molecule has 0 aliphatic heterocycles. The SMILES string of the molecule is CCCN(CC(=O)Nc1ccccc1OC)C(=O)[C@@H](C)N. The Morgan fingerprint density at radius 2 is 2.05 bits per heavy atom. The number of para-hydroxylation sites is 2. The first-order valence-corrected chi connectivity index (χ1v) is 6.96. The van der Waals surface area contributed by atoms with E-state index in [2.05, 4.69) is 5.32 Å². The Morgan fingerprint density at radius 3 is 2.62 bits per heavy atom. The molecule has 0 saturated carbocycles. The summed E-state index contributed by atoms with van der Waals surface area (Å²) in [6, 6.07) is 6.50. The zero-order chi connectivity index (χ0) is 15.8. The zero-order valence-corrected chi connectivity index (χ0v) is 12.8. The van der Waals surface area contributed by atoms with Crippen LogP contribution in [-0.2, 0) is 9.59 Å². The first kappa shape index (κ1) is 17.0. The van der Waals surface area contributed by atoms with Crippen LogP contribution >= 0.6 is 0 Å². The Hall–Kier alpha value is -2.08. The number of nitrogens with zero attached hydrogens (tertiary/aromatic N) is 1. The summed E-state index contributed by atoms with van der Waals surface area (Å²) in [6.07, 6.45) is 0.764. The first-order valence-electron chi connectivity index (χ1n) is 6.96. The van der Waals surface area contributed by atoms with Gasteiger partial charge in [0.15, 0.2) is 0 Å². The van der Waals surface area contributed by atoms with Gasteiger partial charge in [0.1, 0.15) is 5.75 Å². The molecule has 0 radical (unpaired) electrons. The molecule has 0 fully saturated rings. The molecular weight excluding hydrogens is 270 g/mol. The normalized spacial score (nSPS) is 11.6. The minimum Gasteiger partial charge on any atom is -0.495 e. The number of rotatable bonds is 7. The zero-order valence-electron chi connectivity index (χ0n) is 12.8. The molecule has 6 heteroatoms. The van der Waals surface area contributed by atoms with Crippen molar-refractivity contribution in [2.45, 2.75) is 26.3 Å². The third kappa shape index (κ3) is 5.07. The lowest BCUT2D eigenvalue weighted by Crippen LogP contribution is -2.45. The average Bonchev–Trinajstić information content (AvgIpc) is 2.46. The Kier molecular flexibility index (Phi) is 6.68. The number of nitrogens with one attached hydrogen (secondary N) is 1. The van der Waals surface area contributed by atoms with Crippen LogP contribution in [-0.4, -0.2) is 43.0 Å². The molecule has 0 unspecified atom stereocenters. The van der Waals surface area contributed by atoms with E-state index in [1.807, 2.05) is 13.0 Å². The van der Waals surface area contributed by atoms with Gasteiger partial charge in [-0.15, -0.1) is 0 Å². The Labute approximate surface area is 125 Å².